The third-order valence-corrected chi connectivity index (χ3v) is 8.24. The Hall–Kier alpha value is -4.27. The summed E-state index contributed by atoms with van der Waals surface area (Å²) in [6, 6.07) is 27.0. The molecule has 5 rings (SSSR count). The van der Waals surface area contributed by atoms with E-state index < -0.39 is 11.7 Å². The van der Waals surface area contributed by atoms with Crippen molar-refractivity contribution in [3.8, 4) is 11.5 Å². The van der Waals surface area contributed by atoms with Crippen molar-refractivity contribution in [2.45, 2.75) is 32.0 Å². The van der Waals surface area contributed by atoms with Gasteiger partial charge in [0.2, 0.25) is 0 Å². The molecular formula is C36H34ClF3N2O3. The summed E-state index contributed by atoms with van der Waals surface area (Å²) >= 11 is 6.06. The minimum Gasteiger partial charge on any atom is -0.497 e. The van der Waals surface area contributed by atoms with Crippen LogP contribution in [0.3, 0.4) is 0 Å². The Kier molecular flexibility index (Phi) is 9.85. The van der Waals surface area contributed by atoms with Crippen LogP contribution in [0.15, 0.2) is 97.1 Å². The largest absolute Gasteiger partial charge is 0.497 e. The number of hydrogen-bond donors (Lipinski definition) is 0. The molecule has 234 valence electrons. The minimum atomic E-state index is -4.40. The fourth-order valence-electron chi connectivity index (χ4n) is 5.49. The highest BCUT2D eigenvalue weighted by molar-refractivity contribution is 6.30. The van der Waals surface area contributed by atoms with Crippen LogP contribution in [0.1, 0.15) is 45.3 Å². The molecule has 0 spiro atoms. The van der Waals surface area contributed by atoms with E-state index in [-0.39, 0.29) is 12.0 Å². The zero-order chi connectivity index (χ0) is 32.1. The van der Waals surface area contributed by atoms with Crippen molar-refractivity contribution in [1.29, 1.82) is 0 Å². The van der Waals surface area contributed by atoms with E-state index in [1.165, 1.54) is 12.1 Å². The van der Waals surface area contributed by atoms with Crippen LogP contribution >= 0.6 is 11.6 Å². The van der Waals surface area contributed by atoms with Gasteiger partial charge in [0.1, 0.15) is 17.6 Å². The van der Waals surface area contributed by atoms with Gasteiger partial charge >= 0.3 is 6.18 Å². The smallest absolute Gasteiger partial charge is 0.416 e. The Morgan fingerprint density at radius 2 is 1.58 bits per heavy atom. The number of halogens is 4. The van der Waals surface area contributed by atoms with E-state index in [9.17, 15) is 18.0 Å². The van der Waals surface area contributed by atoms with Gasteiger partial charge in [0.25, 0.3) is 5.91 Å². The Labute approximate surface area is 265 Å². The molecule has 0 saturated heterocycles. The van der Waals surface area contributed by atoms with Gasteiger partial charge < -0.3 is 14.4 Å². The Morgan fingerprint density at radius 1 is 0.911 bits per heavy atom. The second-order valence-corrected chi connectivity index (χ2v) is 11.4. The van der Waals surface area contributed by atoms with Gasteiger partial charge in [-0.05, 0) is 98.2 Å². The molecule has 5 aromatic rings. The molecule has 1 aromatic heterocycles. The molecule has 0 bridgehead atoms. The first-order valence-electron chi connectivity index (χ1n) is 14.6. The number of aromatic nitrogens is 1. The first-order chi connectivity index (χ1) is 21.5. The maximum Gasteiger partial charge on any atom is 0.416 e. The van der Waals surface area contributed by atoms with Gasteiger partial charge in [-0.1, -0.05) is 41.9 Å². The average molecular weight is 635 g/mol. The van der Waals surface area contributed by atoms with Crippen molar-refractivity contribution in [2.24, 2.45) is 0 Å². The molecule has 0 aliphatic heterocycles. The fourth-order valence-corrected chi connectivity index (χ4v) is 5.61. The molecule has 0 saturated carbocycles. The molecule has 9 heteroatoms. The summed E-state index contributed by atoms with van der Waals surface area (Å²) in [5.74, 6) is 0.951. The van der Waals surface area contributed by atoms with E-state index in [0.717, 1.165) is 39.9 Å². The fraction of sp³-hybridized carbons (Fsp3) is 0.250. The molecule has 1 heterocycles. The summed E-state index contributed by atoms with van der Waals surface area (Å²) in [6.45, 7) is 3.33. The molecule has 45 heavy (non-hydrogen) atoms. The maximum absolute atomic E-state index is 13.6. The first-order valence-corrected chi connectivity index (χ1v) is 15.0. The molecule has 0 aliphatic carbocycles. The van der Waals surface area contributed by atoms with Gasteiger partial charge in [-0.2, -0.15) is 13.2 Å². The number of likely N-dealkylation sites (N-methyl/N-ethyl adjacent to an activating group) is 1. The van der Waals surface area contributed by atoms with E-state index in [1.807, 2.05) is 62.5 Å². The first kappa shape index (κ1) is 32.1. The summed E-state index contributed by atoms with van der Waals surface area (Å²) in [5.41, 5.74) is 3.49. The molecule has 0 N–H and O–H groups in total. The lowest BCUT2D eigenvalue weighted by Crippen LogP contribution is -2.25. The standard InChI is InChI=1S/C36H34ClF3N2O3/c1-24-31(32-23-30(44-3)17-18-33(32)42(24)35(43)26-9-13-28(37)14-10-26)19-21-41(2)22-20-34(25-7-5-4-6-8-25)45-29-15-11-27(12-16-29)36(38,39)40/h4-18,23,34H,19-22H2,1-3H3/t34-/m0/s1. The van der Waals surface area contributed by atoms with Gasteiger partial charge in [-0.25, -0.2) is 0 Å². The second-order valence-electron chi connectivity index (χ2n) is 11.0. The average Bonchev–Trinajstić information content (AvgIpc) is 3.32. The quantitative estimate of drug-likeness (QED) is 0.145. The lowest BCUT2D eigenvalue weighted by molar-refractivity contribution is -0.137. The van der Waals surface area contributed by atoms with Gasteiger partial charge in [0, 0.05) is 41.2 Å². The number of methoxy groups -OCH3 is 1. The number of benzene rings is 4. The van der Waals surface area contributed by atoms with E-state index in [4.69, 9.17) is 21.1 Å². The Morgan fingerprint density at radius 3 is 2.22 bits per heavy atom. The van der Waals surface area contributed by atoms with Crippen molar-refractivity contribution in [3.63, 3.8) is 0 Å². The third-order valence-electron chi connectivity index (χ3n) is 7.98. The number of alkyl halides is 3. The van der Waals surface area contributed by atoms with Crippen molar-refractivity contribution < 1.29 is 27.4 Å². The molecule has 0 amide bonds. The lowest BCUT2D eigenvalue weighted by atomic mass is 10.1. The topological polar surface area (TPSA) is 43.7 Å². The summed E-state index contributed by atoms with van der Waals surface area (Å²) in [5, 5.41) is 1.52. The second kappa shape index (κ2) is 13.8. The van der Waals surface area contributed by atoms with Crippen molar-refractivity contribution in [1.82, 2.24) is 9.47 Å². The summed E-state index contributed by atoms with van der Waals surface area (Å²) in [6.07, 6.45) is -3.46. The van der Waals surface area contributed by atoms with E-state index in [2.05, 4.69) is 4.90 Å². The lowest BCUT2D eigenvalue weighted by Gasteiger charge is -2.23. The SMILES string of the molecule is COc1ccc2c(c1)c(CCN(C)CC[C@H](Oc1ccc(C(F)(F)F)cc1)c1ccccc1)c(C)n2C(=O)c1ccc(Cl)cc1. The third kappa shape index (κ3) is 7.52. The zero-order valence-electron chi connectivity index (χ0n) is 25.3. The van der Waals surface area contributed by atoms with Gasteiger partial charge in [0.05, 0.1) is 18.2 Å². The number of fused-ring (bicyclic) bond motifs is 1. The van der Waals surface area contributed by atoms with Crippen molar-refractivity contribution in [3.05, 3.63) is 130 Å². The normalized spacial score (nSPS) is 12.4. The molecule has 1 atom stereocenters. The van der Waals surface area contributed by atoms with E-state index in [1.54, 1.807) is 35.9 Å². The van der Waals surface area contributed by atoms with Crippen LogP contribution in [0.25, 0.3) is 10.9 Å². The summed E-state index contributed by atoms with van der Waals surface area (Å²) in [7, 11) is 3.64. The number of ether oxygens (including phenoxy) is 2. The molecule has 0 fully saturated rings. The highest BCUT2D eigenvalue weighted by Crippen LogP contribution is 2.33. The van der Waals surface area contributed by atoms with Crippen molar-refractivity contribution in [2.75, 3.05) is 27.2 Å². The number of carbonyl (C=O) groups excluding carboxylic acids is 1. The van der Waals surface area contributed by atoms with Crippen LogP contribution in [0, 0.1) is 6.92 Å². The molecule has 4 aromatic carbocycles. The van der Waals surface area contributed by atoms with Crippen LogP contribution in [0.2, 0.25) is 5.02 Å². The monoisotopic (exact) mass is 634 g/mol. The highest BCUT2D eigenvalue weighted by Gasteiger charge is 2.30. The number of rotatable bonds is 11. The predicted molar refractivity (Wildman–Crippen MR) is 171 cm³/mol. The highest BCUT2D eigenvalue weighted by atomic mass is 35.5. The Bertz CT molecular complexity index is 1750. The minimum absolute atomic E-state index is 0.134. The van der Waals surface area contributed by atoms with Crippen LogP contribution in [-0.2, 0) is 12.6 Å². The van der Waals surface area contributed by atoms with Crippen LogP contribution < -0.4 is 9.47 Å². The molecular weight excluding hydrogens is 601 g/mol. The van der Waals surface area contributed by atoms with Gasteiger partial charge in [-0.15, -0.1) is 0 Å². The van der Waals surface area contributed by atoms with Crippen LogP contribution in [0.5, 0.6) is 11.5 Å². The van der Waals surface area contributed by atoms with Crippen LogP contribution in [-0.4, -0.2) is 42.6 Å². The van der Waals surface area contributed by atoms with Gasteiger partial charge in [0.15, 0.2) is 0 Å². The predicted octanol–water partition coefficient (Wildman–Crippen LogP) is 9.00. The van der Waals surface area contributed by atoms with E-state index in [0.29, 0.717) is 48.0 Å². The maximum atomic E-state index is 13.6. The molecule has 0 aliphatic rings. The summed E-state index contributed by atoms with van der Waals surface area (Å²) < 4.78 is 52.6. The number of carbonyl (C=O) groups is 1. The van der Waals surface area contributed by atoms with Crippen LogP contribution in [0.4, 0.5) is 13.2 Å². The van der Waals surface area contributed by atoms with E-state index >= 15 is 0 Å². The number of nitrogens with zero attached hydrogens (tertiary/aromatic N) is 2. The Balaban J connectivity index is 1.32. The molecule has 5 nitrogen and oxygen atoms in total. The number of hydrogen-bond acceptors (Lipinski definition) is 4. The van der Waals surface area contributed by atoms with Crippen molar-refractivity contribution >= 4 is 28.4 Å². The molecule has 0 radical (unpaired) electrons. The molecule has 0 unspecified atom stereocenters. The summed E-state index contributed by atoms with van der Waals surface area (Å²) in [4.78, 5) is 15.8. The van der Waals surface area contributed by atoms with Gasteiger partial charge in [-0.3, -0.25) is 9.36 Å². The zero-order valence-corrected chi connectivity index (χ0v) is 26.0.